The Balaban J connectivity index is 1.86. The third-order valence-electron chi connectivity index (χ3n) is 2.39. The molecule has 21 heavy (non-hydrogen) atoms. The molecule has 1 aromatic heterocycles. The van der Waals surface area contributed by atoms with Crippen LogP contribution in [0.5, 0.6) is 0 Å². The lowest BCUT2D eigenvalue weighted by Gasteiger charge is -2.17. The Labute approximate surface area is 116 Å². The SMILES string of the molecule is C1=NC2=Nc3ncnc(n3)N=C3N=CN=C(N3)NC(=N1)N2. The van der Waals surface area contributed by atoms with Crippen LogP contribution in [-0.2, 0) is 0 Å². The maximum atomic E-state index is 4.13. The molecule has 0 unspecified atom stereocenters. The third-order valence-corrected chi connectivity index (χ3v) is 2.39. The molecule has 1 aromatic rings. The summed E-state index contributed by atoms with van der Waals surface area (Å²) >= 11 is 0. The molecule has 0 spiro atoms. The summed E-state index contributed by atoms with van der Waals surface area (Å²) in [6.45, 7) is 0. The number of aliphatic imine (C=N–C) groups is 6. The molecular weight excluding hydrogens is 276 g/mol. The van der Waals surface area contributed by atoms with E-state index in [1.54, 1.807) is 0 Å². The second kappa shape index (κ2) is 4.52. The lowest BCUT2D eigenvalue weighted by atomic mass is 10.7. The highest BCUT2D eigenvalue weighted by Crippen LogP contribution is 2.09. The fraction of sp³-hybridized carbons (Fsp3) is 0. The van der Waals surface area contributed by atoms with Crippen LogP contribution < -0.4 is 16.0 Å². The van der Waals surface area contributed by atoms with Crippen molar-refractivity contribution >= 4 is 48.4 Å². The predicted molar refractivity (Wildman–Crippen MR) is 75.3 cm³/mol. The van der Waals surface area contributed by atoms with E-state index in [1.165, 1.54) is 19.0 Å². The molecule has 0 aromatic carbocycles. The van der Waals surface area contributed by atoms with Gasteiger partial charge in [-0.1, -0.05) is 0 Å². The van der Waals surface area contributed by atoms with Crippen LogP contribution in [0.4, 0.5) is 11.9 Å². The third kappa shape index (κ3) is 2.32. The zero-order valence-electron chi connectivity index (χ0n) is 10.3. The number of rotatable bonds is 0. The number of nitrogens with zero attached hydrogens (tertiary/aromatic N) is 9. The second-order valence-corrected chi connectivity index (χ2v) is 3.78. The van der Waals surface area contributed by atoms with Crippen LogP contribution >= 0.6 is 0 Å². The molecule has 4 heterocycles. The average molecular weight is 282 g/mol. The monoisotopic (exact) mass is 282 g/mol. The molecule has 0 radical (unpaired) electrons. The fourth-order valence-electron chi connectivity index (χ4n) is 1.55. The Morgan fingerprint density at radius 2 is 1.29 bits per heavy atom. The van der Waals surface area contributed by atoms with Crippen molar-refractivity contribution in [3.63, 3.8) is 0 Å². The van der Waals surface area contributed by atoms with Crippen molar-refractivity contribution in [3.8, 4) is 0 Å². The van der Waals surface area contributed by atoms with E-state index in [9.17, 15) is 0 Å². The molecule has 102 valence electrons. The van der Waals surface area contributed by atoms with Crippen molar-refractivity contribution in [2.24, 2.45) is 30.0 Å². The smallest absolute Gasteiger partial charge is 0.257 e. The van der Waals surface area contributed by atoms with Crippen molar-refractivity contribution in [1.82, 2.24) is 30.9 Å². The van der Waals surface area contributed by atoms with Gasteiger partial charge in [-0.25, -0.2) is 20.0 Å². The summed E-state index contributed by atoms with van der Waals surface area (Å²) in [4.78, 5) is 36.2. The van der Waals surface area contributed by atoms with Gasteiger partial charge in [0, 0.05) is 0 Å². The van der Waals surface area contributed by atoms with Crippen LogP contribution in [0.25, 0.3) is 0 Å². The van der Waals surface area contributed by atoms with Crippen LogP contribution in [0.1, 0.15) is 0 Å². The van der Waals surface area contributed by atoms with Gasteiger partial charge in [0.15, 0.2) is 0 Å². The Morgan fingerprint density at radius 1 is 0.714 bits per heavy atom. The van der Waals surface area contributed by atoms with Crippen molar-refractivity contribution in [1.29, 1.82) is 0 Å². The highest BCUT2D eigenvalue weighted by molar-refractivity contribution is 6.17. The Hall–Kier alpha value is -3.57. The van der Waals surface area contributed by atoms with Gasteiger partial charge in [-0.2, -0.15) is 24.9 Å². The van der Waals surface area contributed by atoms with Crippen LogP contribution in [0, 0.1) is 0 Å². The topological polar surface area (TPSA) is 149 Å². The molecule has 4 rings (SSSR count). The molecular formula is C9H6N12. The number of nitrogens with one attached hydrogen (secondary N) is 3. The Kier molecular flexibility index (Phi) is 2.42. The summed E-state index contributed by atoms with van der Waals surface area (Å²) in [7, 11) is 0. The van der Waals surface area contributed by atoms with Crippen LogP contribution in [0.2, 0.25) is 0 Å². The number of guanidine groups is 4. The standard InChI is InChI=1S/C9H6N12/c1-10-4-16-5(11-1)20-7-13-3-15-9(18-7)21-8-14-2-12-6(17-8)19-4/h1-3H,(H3,10,11,12,13,14,15,16,17,18,19,20,21). The maximum absolute atomic E-state index is 4.13. The molecule has 3 aliphatic heterocycles. The first kappa shape index (κ1) is 11.3. The molecule has 0 aliphatic carbocycles. The minimum atomic E-state index is 0.166. The molecule has 0 saturated carbocycles. The van der Waals surface area contributed by atoms with Gasteiger partial charge < -0.3 is 0 Å². The van der Waals surface area contributed by atoms with Gasteiger partial charge in [0.05, 0.1) is 0 Å². The summed E-state index contributed by atoms with van der Waals surface area (Å²) in [5, 5.41) is 8.65. The molecule has 12 nitrogen and oxygen atoms in total. The minimum absolute atomic E-state index is 0.166. The Morgan fingerprint density at radius 3 is 1.86 bits per heavy atom. The van der Waals surface area contributed by atoms with E-state index in [2.05, 4.69) is 60.9 Å². The fourth-order valence-corrected chi connectivity index (χ4v) is 1.55. The summed E-state index contributed by atoms with van der Waals surface area (Å²) in [6, 6.07) is 0. The van der Waals surface area contributed by atoms with Crippen molar-refractivity contribution in [3.05, 3.63) is 6.33 Å². The van der Waals surface area contributed by atoms with E-state index in [0.29, 0.717) is 11.9 Å². The van der Waals surface area contributed by atoms with E-state index in [1.807, 2.05) is 0 Å². The number of hydrogen-bond acceptors (Lipinski definition) is 12. The minimum Gasteiger partial charge on any atom is -0.296 e. The van der Waals surface area contributed by atoms with E-state index in [4.69, 9.17) is 0 Å². The van der Waals surface area contributed by atoms with Gasteiger partial charge in [-0.15, -0.1) is 0 Å². The summed E-state index contributed by atoms with van der Waals surface area (Å²) in [5.74, 6) is 1.66. The first-order valence-electron chi connectivity index (χ1n) is 5.73. The quantitative estimate of drug-likeness (QED) is 0.523. The maximum Gasteiger partial charge on any atom is 0.257 e. The zero-order chi connectivity index (χ0) is 14.1. The highest BCUT2D eigenvalue weighted by atomic mass is 15.4. The molecule has 0 atom stereocenters. The lowest BCUT2D eigenvalue weighted by molar-refractivity contribution is 1.00. The van der Waals surface area contributed by atoms with E-state index >= 15 is 0 Å². The lowest BCUT2D eigenvalue weighted by Crippen LogP contribution is -2.51. The van der Waals surface area contributed by atoms with Crippen LogP contribution in [0.3, 0.4) is 0 Å². The van der Waals surface area contributed by atoms with E-state index in [0.717, 1.165) is 0 Å². The Bertz CT molecular complexity index is 720. The number of aromatic nitrogens is 3. The van der Waals surface area contributed by atoms with Gasteiger partial charge in [0.25, 0.3) is 11.9 Å². The van der Waals surface area contributed by atoms with Gasteiger partial charge in [0.2, 0.25) is 23.8 Å². The molecule has 3 aliphatic rings. The molecule has 0 amide bonds. The van der Waals surface area contributed by atoms with E-state index in [-0.39, 0.29) is 23.8 Å². The van der Waals surface area contributed by atoms with Gasteiger partial charge in [0.1, 0.15) is 19.0 Å². The van der Waals surface area contributed by atoms with Crippen molar-refractivity contribution in [2.45, 2.75) is 0 Å². The normalized spacial score (nSPS) is 18.5. The van der Waals surface area contributed by atoms with Crippen LogP contribution in [-0.4, -0.2) is 51.5 Å². The summed E-state index contributed by atoms with van der Waals surface area (Å²) in [5.41, 5.74) is 0. The molecule has 3 N–H and O–H groups in total. The van der Waals surface area contributed by atoms with Gasteiger partial charge in [-0.05, 0) is 0 Å². The first-order chi connectivity index (χ1) is 10.3. The number of hydrogen-bond donors (Lipinski definition) is 3. The first-order valence-corrected chi connectivity index (χ1v) is 5.73. The predicted octanol–water partition coefficient (Wildman–Crippen LogP) is -1.58. The number of fused-ring (bicyclic) bond motifs is 6. The van der Waals surface area contributed by atoms with Crippen molar-refractivity contribution < 1.29 is 0 Å². The molecule has 12 heteroatoms. The average Bonchev–Trinajstić information content (AvgIpc) is 2.47. The summed E-state index contributed by atoms with van der Waals surface area (Å²) < 4.78 is 0. The summed E-state index contributed by atoms with van der Waals surface area (Å²) in [6.07, 6.45) is 3.99. The van der Waals surface area contributed by atoms with Crippen LogP contribution in [0.15, 0.2) is 36.3 Å². The largest absolute Gasteiger partial charge is 0.296 e. The van der Waals surface area contributed by atoms with E-state index < -0.39 is 0 Å². The highest BCUT2D eigenvalue weighted by Gasteiger charge is 2.15. The second-order valence-electron chi connectivity index (χ2n) is 3.78. The van der Waals surface area contributed by atoms with Crippen molar-refractivity contribution in [2.75, 3.05) is 0 Å². The van der Waals surface area contributed by atoms with Gasteiger partial charge in [-0.3, -0.25) is 16.0 Å². The zero-order valence-corrected chi connectivity index (χ0v) is 10.3. The molecule has 0 saturated heterocycles. The van der Waals surface area contributed by atoms with Gasteiger partial charge >= 0.3 is 0 Å². The molecule has 6 bridgehead atoms. The molecule has 0 fully saturated rings.